The van der Waals surface area contributed by atoms with Gasteiger partial charge in [0.1, 0.15) is 6.17 Å². The van der Waals surface area contributed by atoms with Crippen LogP contribution in [0.4, 0.5) is 4.39 Å². The highest BCUT2D eigenvalue weighted by atomic mass is 35.5. The normalized spacial score (nSPS) is 26.2. The van der Waals surface area contributed by atoms with Crippen molar-refractivity contribution in [2.45, 2.75) is 18.6 Å². The van der Waals surface area contributed by atoms with Crippen LogP contribution in [0.15, 0.2) is 0 Å². The summed E-state index contributed by atoms with van der Waals surface area (Å²) >= 11 is 0. The molecule has 0 unspecified atom stereocenters. The fraction of sp³-hybridized carbons (Fsp3) is 0.875. The van der Waals surface area contributed by atoms with Crippen LogP contribution in [0.5, 0.6) is 0 Å². The van der Waals surface area contributed by atoms with Crippen LogP contribution in [-0.2, 0) is 9.53 Å². The van der Waals surface area contributed by atoms with E-state index in [1.165, 1.54) is 0 Å². The summed E-state index contributed by atoms with van der Waals surface area (Å²) in [6.45, 7) is 0.850. The van der Waals surface area contributed by atoms with Crippen LogP contribution in [-0.4, -0.2) is 55.0 Å². The predicted molar refractivity (Wildman–Crippen MR) is 51.6 cm³/mol. The first-order valence-electron chi connectivity index (χ1n) is 4.25. The molecular formula is C8H15ClFNO3. The third kappa shape index (κ3) is 3.77. The minimum absolute atomic E-state index is 0. The van der Waals surface area contributed by atoms with E-state index in [0.29, 0.717) is 13.2 Å². The highest BCUT2D eigenvalue weighted by molar-refractivity contribution is 5.85. The smallest absolute Gasteiger partial charge is 0.304 e. The summed E-state index contributed by atoms with van der Waals surface area (Å²) in [7, 11) is 1.72. The number of rotatable bonds is 4. The number of aliphatic carboxylic acids is 1. The average Bonchev–Trinajstić information content (AvgIpc) is 2.47. The number of carboxylic acids is 1. The number of alkyl halides is 1. The first-order chi connectivity index (χ1) is 6.11. The minimum atomic E-state index is -0.987. The predicted octanol–water partition coefficient (Wildman–Crippen LogP) is 0.552. The molecule has 84 valence electrons. The third-order valence-corrected chi connectivity index (χ3v) is 2.23. The second kappa shape index (κ2) is 6.16. The van der Waals surface area contributed by atoms with Crippen molar-refractivity contribution in [1.29, 1.82) is 0 Å². The van der Waals surface area contributed by atoms with Gasteiger partial charge in [0.2, 0.25) is 0 Å². The van der Waals surface area contributed by atoms with E-state index in [9.17, 15) is 9.18 Å². The lowest BCUT2D eigenvalue weighted by molar-refractivity contribution is -0.137. The lowest BCUT2D eigenvalue weighted by atomic mass is 10.2. The molecule has 1 aliphatic heterocycles. The van der Waals surface area contributed by atoms with Crippen LogP contribution >= 0.6 is 12.4 Å². The highest BCUT2D eigenvalue weighted by Gasteiger charge is 2.31. The highest BCUT2D eigenvalue weighted by Crippen LogP contribution is 2.14. The van der Waals surface area contributed by atoms with Crippen LogP contribution in [0.25, 0.3) is 0 Å². The number of likely N-dealkylation sites (N-methyl/N-ethyl adjacent to an activating group) is 1. The van der Waals surface area contributed by atoms with Gasteiger partial charge in [-0.1, -0.05) is 0 Å². The van der Waals surface area contributed by atoms with Gasteiger partial charge in [-0.05, 0) is 7.05 Å². The van der Waals surface area contributed by atoms with Crippen molar-refractivity contribution in [2.24, 2.45) is 0 Å². The van der Waals surface area contributed by atoms with Crippen molar-refractivity contribution < 1.29 is 19.0 Å². The van der Waals surface area contributed by atoms with Crippen LogP contribution in [0.2, 0.25) is 0 Å². The van der Waals surface area contributed by atoms with E-state index in [2.05, 4.69) is 0 Å². The van der Waals surface area contributed by atoms with Gasteiger partial charge in [-0.3, -0.25) is 9.69 Å². The Balaban J connectivity index is 0.00000169. The Morgan fingerprint density at radius 2 is 2.29 bits per heavy atom. The average molecular weight is 228 g/mol. The molecule has 1 fully saturated rings. The van der Waals surface area contributed by atoms with Gasteiger partial charge in [-0.15, -0.1) is 12.4 Å². The van der Waals surface area contributed by atoms with E-state index < -0.39 is 12.1 Å². The van der Waals surface area contributed by atoms with Gasteiger partial charge in [0.25, 0.3) is 0 Å². The zero-order valence-electron chi connectivity index (χ0n) is 7.98. The van der Waals surface area contributed by atoms with Crippen molar-refractivity contribution in [1.82, 2.24) is 4.90 Å². The summed E-state index contributed by atoms with van der Waals surface area (Å²) in [4.78, 5) is 11.9. The molecule has 1 heterocycles. The Kier molecular flexibility index (Phi) is 5.99. The number of hydrogen-bond donors (Lipinski definition) is 1. The summed E-state index contributed by atoms with van der Waals surface area (Å²) < 4.78 is 18.0. The zero-order valence-corrected chi connectivity index (χ0v) is 8.80. The Morgan fingerprint density at radius 3 is 2.71 bits per heavy atom. The van der Waals surface area contributed by atoms with Crippen LogP contribution < -0.4 is 0 Å². The van der Waals surface area contributed by atoms with E-state index in [1.807, 2.05) is 0 Å². The molecule has 1 rings (SSSR count). The Morgan fingerprint density at radius 1 is 1.64 bits per heavy atom. The van der Waals surface area contributed by atoms with Crippen molar-refractivity contribution in [3.05, 3.63) is 0 Å². The number of hydrogen-bond acceptors (Lipinski definition) is 3. The molecule has 0 bridgehead atoms. The Bertz CT molecular complexity index is 193. The van der Waals surface area contributed by atoms with Gasteiger partial charge in [-0.2, -0.15) is 0 Å². The van der Waals surface area contributed by atoms with E-state index >= 15 is 0 Å². The molecule has 0 aromatic heterocycles. The van der Waals surface area contributed by atoms with Crippen molar-refractivity contribution in [2.75, 3.05) is 26.8 Å². The molecule has 4 nitrogen and oxygen atoms in total. The van der Waals surface area contributed by atoms with Crippen molar-refractivity contribution in [3.8, 4) is 0 Å². The topological polar surface area (TPSA) is 49.8 Å². The van der Waals surface area contributed by atoms with Crippen molar-refractivity contribution in [3.63, 3.8) is 0 Å². The molecule has 2 atom stereocenters. The largest absolute Gasteiger partial charge is 0.481 e. The molecule has 14 heavy (non-hydrogen) atoms. The van der Waals surface area contributed by atoms with E-state index in [-0.39, 0.29) is 31.5 Å². The van der Waals surface area contributed by atoms with Gasteiger partial charge in [0.05, 0.1) is 25.7 Å². The maximum Gasteiger partial charge on any atom is 0.304 e. The molecule has 6 heteroatoms. The lowest BCUT2D eigenvalue weighted by Crippen LogP contribution is -2.39. The van der Waals surface area contributed by atoms with Gasteiger partial charge in [0.15, 0.2) is 0 Å². The van der Waals surface area contributed by atoms with Gasteiger partial charge in [-0.25, -0.2) is 4.39 Å². The maximum atomic E-state index is 13.0. The van der Waals surface area contributed by atoms with E-state index in [4.69, 9.17) is 9.84 Å². The molecule has 1 saturated heterocycles. The SMILES string of the molecule is CN(CCC(=O)O)[C@@H]1COC[C@H]1F.Cl. The van der Waals surface area contributed by atoms with Crippen LogP contribution in [0.1, 0.15) is 6.42 Å². The monoisotopic (exact) mass is 227 g/mol. The molecule has 0 aromatic rings. The number of nitrogens with zero attached hydrogens (tertiary/aromatic N) is 1. The van der Waals surface area contributed by atoms with Gasteiger partial charge < -0.3 is 9.84 Å². The van der Waals surface area contributed by atoms with Crippen LogP contribution in [0.3, 0.4) is 0 Å². The Labute approximate surface area is 88.4 Å². The lowest BCUT2D eigenvalue weighted by Gasteiger charge is -2.23. The summed E-state index contributed by atoms with van der Waals surface area (Å²) in [6.07, 6.45) is -0.946. The maximum absolute atomic E-state index is 13.0. The Hall–Kier alpha value is -0.390. The molecule has 0 amide bonds. The van der Waals surface area contributed by atoms with E-state index in [1.54, 1.807) is 11.9 Å². The summed E-state index contributed by atoms with van der Waals surface area (Å²) in [6, 6.07) is -0.278. The fourth-order valence-electron chi connectivity index (χ4n) is 1.36. The summed E-state index contributed by atoms with van der Waals surface area (Å²) in [5.41, 5.74) is 0. The van der Waals surface area contributed by atoms with Gasteiger partial charge in [0, 0.05) is 6.54 Å². The molecule has 0 spiro atoms. The number of halogens is 2. The molecule has 1 aliphatic rings. The standard InChI is InChI=1S/C8H14FNO3.ClH/c1-10(3-2-8(11)12)7-5-13-4-6(7)9;/h6-7H,2-5H2,1H3,(H,11,12);1H/t6-,7-;/m1./s1. The third-order valence-electron chi connectivity index (χ3n) is 2.23. The summed E-state index contributed by atoms with van der Waals surface area (Å²) in [5, 5.41) is 8.42. The van der Waals surface area contributed by atoms with E-state index in [0.717, 1.165) is 0 Å². The molecule has 0 aromatic carbocycles. The molecular weight excluding hydrogens is 213 g/mol. The molecule has 0 aliphatic carbocycles. The minimum Gasteiger partial charge on any atom is -0.481 e. The number of ether oxygens (including phenoxy) is 1. The second-order valence-electron chi connectivity index (χ2n) is 3.25. The zero-order chi connectivity index (χ0) is 9.84. The molecule has 0 saturated carbocycles. The second-order valence-corrected chi connectivity index (χ2v) is 3.25. The first-order valence-corrected chi connectivity index (χ1v) is 4.25. The number of carbonyl (C=O) groups is 1. The van der Waals surface area contributed by atoms with Crippen molar-refractivity contribution >= 4 is 18.4 Å². The first kappa shape index (κ1) is 13.6. The van der Waals surface area contributed by atoms with Gasteiger partial charge >= 0.3 is 5.97 Å². The summed E-state index contributed by atoms with van der Waals surface area (Å²) in [5.74, 6) is -0.860. The van der Waals surface area contributed by atoms with Crippen LogP contribution in [0, 0.1) is 0 Å². The molecule has 0 radical (unpaired) electrons. The molecule has 1 N–H and O–H groups in total. The number of carboxylic acid groups (broad SMARTS) is 1. The fourth-order valence-corrected chi connectivity index (χ4v) is 1.36. The quantitative estimate of drug-likeness (QED) is 0.762.